The van der Waals surface area contributed by atoms with Gasteiger partial charge in [0.15, 0.2) is 0 Å². The van der Waals surface area contributed by atoms with Crippen molar-refractivity contribution in [2.75, 3.05) is 39.3 Å². The lowest BCUT2D eigenvalue weighted by molar-refractivity contribution is 0.0748. The van der Waals surface area contributed by atoms with Crippen molar-refractivity contribution in [1.82, 2.24) is 19.8 Å². The highest BCUT2D eigenvalue weighted by Crippen LogP contribution is 2.23. The zero-order valence-electron chi connectivity index (χ0n) is 14.9. The van der Waals surface area contributed by atoms with Crippen LogP contribution in [0.4, 0.5) is 0 Å². The summed E-state index contributed by atoms with van der Waals surface area (Å²) in [6, 6.07) is 7.38. The van der Waals surface area contributed by atoms with E-state index in [1.807, 2.05) is 4.90 Å². The molecule has 0 radical (unpaired) electrons. The van der Waals surface area contributed by atoms with Crippen LogP contribution in [0.5, 0.6) is 0 Å². The van der Waals surface area contributed by atoms with E-state index in [4.69, 9.17) is 0 Å². The Kier molecular flexibility index (Phi) is 5.00. The Labute approximate surface area is 154 Å². The number of amides is 1. The van der Waals surface area contributed by atoms with Gasteiger partial charge >= 0.3 is 0 Å². The van der Waals surface area contributed by atoms with Crippen LogP contribution in [-0.2, 0) is 10.0 Å². The second kappa shape index (κ2) is 7.26. The molecule has 142 valence electrons. The molecule has 2 atom stereocenters. The van der Waals surface area contributed by atoms with Crippen LogP contribution in [0, 0.1) is 0 Å². The van der Waals surface area contributed by atoms with Gasteiger partial charge in [-0.05, 0) is 37.5 Å². The molecule has 0 saturated carbocycles. The molecule has 3 aliphatic heterocycles. The average Bonchev–Trinajstić information content (AvgIpc) is 3.01. The van der Waals surface area contributed by atoms with E-state index in [1.54, 1.807) is 18.2 Å². The first-order valence-electron chi connectivity index (χ1n) is 9.40. The van der Waals surface area contributed by atoms with Crippen molar-refractivity contribution < 1.29 is 13.2 Å². The van der Waals surface area contributed by atoms with E-state index in [0.717, 1.165) is 19.4 Å². The van der Waals surface area contributed by atoms with Gasteiger partial charge in [-0.2, -0.15) is 4.31 Å². The van der Waals surface area contributed by atoms with Crippen molar-refractivity contribution in [3.63, 3.8) is 0 Å². The molecular formula is C18H26N4O3S. The third-order valence-electron chi connectivity index (χ3n) is 5.61. The van der Waals surface area contributed by atoms with E-state index in [1.165, 1.54) is 16.8 Å². The smallest absolute Gasteiger partial charge is 0.253 e. The first kappa shape index (κ1) is 17.9. The molecule has 2 bridgehead atoms. The molecule has 3 fully saturated rings. The predicted molar refractivity (Wildman–Crippen MR) is 98.5 cm³/mol. The number of benzene rings is 1. The van der Waals surface area contributed by atoms with Crippen LogP contribution in [0.2, 0.25) is 0 Å². The first-order chi connectivity index (χ1) is 12.5. The Morgan fingerprint density at radius 1 is 1.04 bits per heavy atom. The van der Waals surface area contributed by atoms with Gasteiger partial charge in [-0.25, -0.2) is 8.42 Å². The highest BCUT2D eigenvalue weighted by molar-refractivity contribution is 7.89. The van der Waals surface area contributed by atoms with Crippen LogP contribution in [0.1, 0.15) is 29.6 Å². The highest BCUT2D eigenvalue weighted by Gasteiger charge is 2.32. The summed E-state index contributed by atoms with van der Waals surface area (Å²) in [4.78, 5) is 15.0. The van der Waals surface area contributed by atoms with Crippen LogP contribution in [0.15, 0.2) is 29.2 Å². The molecule has 1 aromatic rings. The molecule has 1 amide bonds. The van der Waals surface area contributed by atoms with E-state index < -0.39 is 10.0 Å². The Hall–Kier alpha value is -1.48. The summed E-state index contributed by atoms with van der Waals surface area (Å²) < 4.78 is 27.2. The molecule has 3 heterocycles. The maximum absolute atomic E-state index is 13.0. The fourth-order valence-corrected chi connectivity index (χ4v) is 5.62. The van der Waals surface area contributed by atoms with Gasteiger partial charge in [-0.1, -0.05) is 6.07 Å². The summed E-state index contributed by atoms with van der Waals surface area (Å²) in [5.41, 5.74) is 0.457. The molecule has 7 nitrogen and oxygen atoms in total. The Morgan fingerprint density at radius 3 is 2.62 bits per heavy atom. The Balaban J connectivity index is 1.54. The summed E-state index contributed by atoms with van der Waals surface area (Å²) in [6.07, 6.45) is 3.25. The first-order valence-corrected chi connectivity index (χ1v) is 10.8. The number of fused-ring (bicyclic) bond motifs is 2. The summed E-state index contributed by atoms with van der Waals surface area (Å²) >= 11 is 0. The number of carbonyl (C=O) groups excluding carboxylic acids is 1. The third-order valence-corrected chi connectivity index (χ3v) is 7.50. The molecule has 3 aliphatic rings. The second-order valence-electron chi connectivity index (χ2n) is 7.36. The number of likely N-dealkylation sites (tertiary alicyclic amines) is 1. The number of rotatable bonds is 3. The maximum atomic E-state index is 13.0. The fraction of sp³-hybridized carbons (Fsp3) is 0.611. The van der Waals surface area contributed by atoms with E-state index >= 15 is 0 Å². The van der Waals surface area contributed by atoms with Gasteiger partial charge in [-0.3, -0.25) is 4.79 Å². The molecule has 26 heavy (non-hydrogen) atoms. The largest absolute Gasteiger partial charge is 0.337 e. The molecule has 2 N–H and O–H groups in total. The van der Waals surface area contributed by atoms with Crippen molar-refractivity contribution in [3.8, 4) is 0 Å². The number of carbonyl (C=O) groups is 1. The summed E-state index contributed by atoms with van der Waals surface area (Å²) in [7, 11) is -3.55. The van der Waals surface area contributed by atoms with E-state index in [-0.39, 0.29) is 10.8 Å². The lowest BCUT2D eigenvalue weighted by Crippen LogP contribution is -2.46. The van der Waals surface area contributed by atoms with Gasteiger partial charge in [0.1, 0.15) is 0 Å². The molecule has 1 aromatic carbocycles. The lowest BCUT2D eigenvalue weighted by atomic mass is 10.1. The minimum absolute atomic E-state index is 0.0725. The van der Waals surface area contributed by atoms with Crippen LogP contribution in [0.3, 0.4) is 0 Å². The van der Waals surface area contributed by atoms with Crippen LogP contribution >= 0.6 is 0 Å². The predicted octanol–water partition coefficient (Wildman–Crippen LogP) is 0.247. The number of hydrogen-bond donors (Lipinski definition) is 2. The standard InChI is InChI=1S/C18H26N4O3S/c23-18(21-9-6-15-4-5-16(13-21)20-15)14-2-1-3-17(12-14)26(24,25)22-10-7-19-8-11-22/h1-3,12,15-16,19-20H,4-11,13H2/t15-,16+/m1/s1. The topological polar surface area (TPSA) is 81.8 Å². The summed E-state index contributed by atoms with van der Waals surface area (Å²) in [6.45, 7) is 3.65. The van der Waals surface area contributed by atoms with Crippen molar-refractivity contribution in [2.45, 2.75) is 36.2 Å². The minimum atomic E-state index is -3.55. The third kappa shape index (κ3) is 3.51. The van der Waals surface area contributed by atoms with Crippen molar-refractivity contribution >= 4 is 15.9 Å². The van der Waals surface area contributed by atoms with Gasteiger partial charge in [-0.15, -0.1) is 0 Å². The molecular weight excluding hydrogens is 352 g/mol. The number of sulfonamides is 1. The lowest BCUT2D eigenvalue weighted by Gasteiger charge is -2.27. The summed E-state index contributed by atoms with van der Waals surface area (Å²) in [5.74, 6) is -0.0725. The zero-order chi connectivity index (χ0) is 18.1. The van der Waals surface area contributed by atoms with E-state index in [0.29, 0.717) is 50.4 Å². The Bertz CT molecular complexity index is 776. The molecule has 8 heteroatoms. The van der Waals surface area contributed by atoms with Crippen molar-refractivity contribution in [3.05, 3.63) is 29.8 Å². The van der Waals surface area contributed by atoms with Gasteiger partial charge in [0.05, 0.1) is 4.90 Å². The van der Waals surface area contributed by atoms with Gasteiger partial charge in [0.25, 0.3) is 5.91 Å². The molecule has 0 aliphatic carbocycles. The highest BCUT2D eigenvalue weighted by atomic mass is 32.2. The van der Waals surface area contributed by atoms with Crippen LogP contribution < -0.4 is 10.6 Å². The number of nitrogens with one attached hydrogen (secondary N) is 2. The minimum Gasteiger partial charge on any atom is -0.337 e. The van der Waals surface area contributed by atoms with Crippen molar-refractivity contribution in [2.24, 2.45) is 0 Å². The monoisotopic (exact) mass is 378 g/mol. The van der Waals surface area contributed by atoms with Gasteiger partial charge in [0, 0.05) is 56.9 Å². The van der Waals surface area contributed by atoms with Crippen LogP contribution in [0.25, 0.3) is 0 Å². The molecule has 0 spiro atoms. The number of hydrogen-bond acceptors (Lipinski definition) is 5. The molecule has 3 saturated heterocycles. The molecule has 4 rings (SSSR count). The zero-order valence-corrected chi connectivity index (χ0v) is 15.7. The van der Waals surface area contributed by atoms with Crippen LogP contribution in [-0.4, -0.2) is 74.9 Å². The normalized spacial score (nSPS) is 27.3. The van der Waals surface area contributed by atoms with Gasteiger partial charge in [0.2, 0.25) is 10.0 Å². The Morgan fingerprint density at radius 2 is 1.81 bits per heavy atom. The average molecular weight is 378 g/mol. The van der Waals surface area contributed by atoms with Crippen molar-refractivity contribution in [1.29, 1.82) is 0 Å². The molecule has 0 unspecified atom stereocenters. The van der Waals surface area contributed by atoms with E-state index in [9.17, 15) is 13.2 Å². The number of piperazine rings is 1. The fourth-order valence-electron chi connectivity index (χ4n) is 4.13. The number of nitrogens with zero attached hydrogens (tertiary/aromatic N) is 2. The van der Waals surface area contributed by atoms with Gasteiger partial charge < -0.3 is 15.5 Å². The maximum Gasteiger partial charge on any atom is 0.253 e. The van der Waals surface area contributed by atoms with E-state index in [2.05, 4.69) is 10.6 Å². The summed E-state index contributed by atoms with van der Waals surface area (Å²) in [5, 5.41) is 6.72. The SMILES string of the molecule is O=C(c1cccc(S(=O)(=O)N2CCNCC2)c1)N1CC[C@H]2CC[C@@H](C1)N2. The molecule has 0 aromatic heterocycles. The quantitative estimate of drug-likeness (QED) is 0.788. The second-order valence-corrected chi connectivity index (χ2v) is 9.30.